The first-order valence-electron chi connectivity index (χ1n) is 4.48. The second kappa shape index (κ2) is 3.11. The maximum Gasteiger partial charge on any atom is 0.145 e. The molecule has 0 aromatic heterocycles. The number of nitrogens with two attached hydrogens (primary N) is 1. The molecule has 0 heterocycles. The predicted molar refractivity (Wildman–Crippen MR) is 53.0 cm³/mol. The van der Waals surface area contributed by atoms with Gasteiger partial charge in [-0.25, -0.2) is 4.39 Å². The molecule has 0 unspecified atom stereocenters. The van der Waals surface area contributed by atoms with E-state index in [0.717, 1.165) is 18.4 Å². The van der Waals surface area contributed by atoms with Crippen molar-refractivity contribution in [2.45, 2.75) is 18.3 Å². The van der Waals surface area contributed by atoms with Crippen LogP contribution in [0.4, 0.5) is 4.39 Å². The first-order chi connectivity index (χ1) is 6.59. The van der Waals surface area contributed by atoms with Crippen LogP contribution in [0.3, 0.4) is 0 Å². The highest BCUT2D eigenvalue weighted by Crippen LogP contribution is 2.48. The number of benzene rings is 1. The molecule has 1 aliphatic rings. The summed E-state index contributed by atoms with van der Waals surface area (Å²) in [6.07, 6.45) is 1.90. The molecule has 3 N–H and O–H groups in total. The molecule has 0 saturated heterocycles. The third-order valence-electron chi connectivity index (χ3n) is 2.87. The molecule has 2 nitrogen and oxygen atoms in total. The molecule has 1 fully saturated rings. The van der Waals surface area contributed by atoms with Gasteiger partial charge in [0.25, 0.3) is 0 Å². The second-order valence-corrected chi connectivity index (χ2v) is 4.15. The fraction of sp³-hybridized carbons (Fsp3) is 0.400. The highest BCUT2D eigenvalue weighted by molar-refractivity contribution is 6.32. The highest BCUT2D eigenvalue weighted by atomic mass is 35.5. The van der Waals surface area contributed by atoms with Gasteiger partial charge < -0.3 is 10.8 Å². The van der Waals surface area contributed by atoms with Gasteiger partial charge in [-0.15, -0.1) is 0 Å². The molecule has 0 aliphatic heterocycles. The molecule has 0 amide bonds. The van der Waals surface area contributed by atoms with Gasteiger partial charge in [-0.05, 0) is 30.5 Å². The minimum Gasteiger partial charge on any atom is -0.506 e. The zero-order chi connectivity index (χ0) is 10.3. The van der Waals surface area contributed by atoms with Gasteiger partial charge in [0, 0.05) is 12.0 Å². The number of rotatable bonds is 2. The van der Waals surface area contributed by atoms with Crippen LogP contribution < -0.4 is 5.73 Å². The van der Waals surface area contributed by atoms with E-state index < -0.39 is 5.82 Å². The smallest absolute Gasteiger partial charge is 0.145 e. The lowest BCUT2D eigenvalue weighted by Crippen LogP contribution is -2.19. The van der Waals surface area contributed by atoms with E-state index >= 15 is 0 Å². The lowest BCUT2D eigenvalue weighted by molar-refractivity contribution is 0.466. The van der Waals surface area contributed by atoms with Crippen molar-refractivity contribution in [1.29, 1.82) is 0 Å². The van der Waals surface area contributed by atoms with Gasteiger partial charge in [0.1, 0.15) is 16.6 Å². The standard InChI is InChI=1S/C10H11ClFNO/c11-9-7(12)3-6(4-8(9)14)10(5-13)1-2-10/h3-4,14H,1-2,5,13H2. The Bertz CT molecular complexity index is 353. The Morgan fingerprint density at radius 2 is 2.14 bits per heavy atom. The molecule has 0 radical (unpaired) electrons. The van der Waals surface area contributed by atoms with Crippen molar-refractivity contribution in [3.05, 3.63) is 28.5 Å². The van der Waals surface area contributed by atoms with E-state index in [4.69, 9.17) is 17.3 Å². The van der Waals surface area contributed by atoms with E-state index in [0.29, 0.717) is 6.54 Å². The van der Waals surface area contributed by atoms with Gasteiger partial charge in [-0.1, -0.05) is 11.6 Å². The van der Waals surface area contributed by atoms with Crippen molar-refractivity contribution in [2.75, 3.05) is 6.54 Å². The van der Waals surface area contributed by atoms with Crippen LogP contribution in [-0.4, -0.2) is 11.7 Å². The van der Waals surface area contributed by atoms with E-state index in [1.165, 1.54) is 12.1 Å². The summed E-state index contributed by atoms with van der Waals surface area (Å²) in [6, 6.07) is 2.87. The Morgan fingerprint density at radius 3 is 2.57 bits per heavy atom. The average Bonchev–Trinajstić information content (AvgIpc) is 2.94. The second-order valence-electron chi connectivity index (χ2n) is 3.78. The molecule has 0 atom stereocenters. The zero-order valence-electron chi connectivity index (χ0n) is 7.56. The summed E-state index contributed by atoms with van der Waals surface area (Å²) >= 11 is 5.51. The highest BCUT2D eigenvalue weighted by Gasteiger charge is 2.43. The molecule has 1 aromatic carbocycles. The van der Waals surface area contributed by atoms with E-state index in [1.807, 2.05) is 0 Å². The molecule has 4 heteroatoms. The summed E-state index contributed by atoms with van der Waals surface area (Å²) in [6.45, 7) is 0.480. The first-order valence-corrected chi connectivity index (χ1v) is 4.85. The fourth-order valence-electron chi connectivity index (χ4n) is 1.64. The van der Waals surface area contributed by atoms with Crippen LogP contribution in [0.25, 0.3) is 0 Å². The Morgan fingerprint density at radius 1 is 1.50 bits per heavy atom. The van der Waals surface area contributed by atoms with Crippen molar-refractivity contribution in [2.24, 2.45) is 5.73 Å². The lowest BCUT2D eigenvalue weighted by Gasteiger charge is -2.13. The van der Waals surface area contributed by atoms with Crippen LogP contribution in [0.15, 0.2) is 12.1 Å². The summed E-state index contributed by atoms with van der Waals surface area (Å²) in [7, 11) is 0. The fourth-order valence-corrected chi connectivity index (χ4v) is 1.75. The predicted octanol–water partition coefficient (Wildman–Crippen LogP) is 2.17. The number of hydrogen-bond acceptors (Lipinski definition) is 2. The molecule has 76 valence electrons. The van der Waals surface area contributed by atoms with E-state index in [-0.39, 0.29) is 16.2 Å². The normalized spacial score (nSPS) is 18.2. The number of halogens is 2. The van der Waals surface area contributed by atoms with Crippen LogP contribution in [-0.2, 0) is 5.41 Å². The molecule has 0 spiro atoms. The molecular formula is C10H11ClFNO. The van der Waals surface area contributed by atoms with Gasteiger partial charge >= 0.3 is 0 Å². The van der Waals surface area contributed by atoms with Crippen LogP contribution in [0.5, 0.6) is 5.75 Å². The number of phenols is 1. The van der Waals surface area contributed by atoms with Crippen molar-refractivity contribution in [3.63, 3.8) is 0 Å². The minimum absolute atomic E-state index is 0.122. The van der Waals surface area contributed by atoms with Gasteiger partial charge in [0.15, 0.2) is 0 Å². The third-order valence-corrected chi connectivity index (χ3v) is 3.24. The van der Waals surface area contributed by atoms with Crippen molar-refractivity contribution in [1.82, 2.24) is 0 Å². The summed E-state index contributed by atoms with van der Waals surface area (Å²) in [5.74, 6) is -0.789. The summed E-state index contributed by atoms with van der Waals surface area (Å²) in [5, 5.41) is 9.13. The topological polar surface area (TPSA) is 46.2 Å². The lowest BCUT2D eigenvalue weighted by atomic mass is 9.96. The maximum atomic E-state index is 13.2. The average molecular weight is 216 g/mol. The third kappa shape index (κ3) is 1.37. The summed E-state index contributed by atoms with van der Waals surface area (Å²) in [4.78, 5) is 0. The SMILES string of the molecule is NCC1(c2cc(O)c(Cl)c(F)c2)CC1. The van der Waals surface area contributed by atoms with Gasteiger partial charge in [0.05, 0.1) is 0 Å². The first kappa shape index (κ1) is 9.74. The number of phenolic OH excluding ortho intramolecular Hbond substituents is 1. The number of hydrogen-bond donors (Lipinski definition) is 2. The largest absolute Gasteiger partial charge is 0.506 e. The monoisotopic (exact) mass is 215 g/mol. The Hall–Kier alpha value is -0.800. The van der Waals surface area contributed by atoms with Crippen LogP contribution in [0.2, 0.25) is 5.02 Å². The Kier molecular flexibility index (Phi) is 2.16. The van der Waals surface area contributed by atoms with Crippen LogP contribution >= 0.6 is 11.6 Å². The van der Waals surface area contributed by atoms with E-state index in [2.05, 4.69) is 0 Å². The molecule has 1 aromatic rings. The van der Waals surface area contributed by atoms with Gasteiger partial charge in [-0.2, -0.15) is 0 Å². The zero-order valence-corrected chi connectivity index (χ0v) is 8.31. The molecule has 2 rings (SSSR count). The van der Waals surface area contributed by atoms with Crippen molar-refractivity contribution < 1.29 is 9.50 Å². The van der Waals surface area contributed by atoms with Gasteiger partial charge in [0.2, 0.25) is 0 Å². The molecule has 1 saturated carbocycles. The maximum absolute atomic E-state index is 13.2. The van der Waals surface area contributed by atoms with E-state index in [9.17, 15) is 9.50 Å². The quantitative estimate of drug-likeness (QED) is 0.794. The van der Waals surface area contributed by atoms with Crippen LogP contribution in [0, 0.1) is 5.82 Å². The van der Waals surface area contributed by atoms with Crippen molar-refractivity contribution in [3.8, 4) is 5.75 Å². The Labute approximate surface area is 86.5 Å². The van der Waals surface area contributed by atoms with E-state index in [1.54, 1.807) is 0 Å². The molecular weight excluding hydrogens is 205 g/mol. The molecule has 14 heavy (non-hydrogen) atoms. The molecule has 1 aliphatic carbocycles. The van der Waals surface area contributed by atoms with Crippen LogP contribution in [0.1, 0.15) is 18.4 Å². The Balaban J connectivity index is 2.46. The summed E-state index contributed by atoms with van der Waals surface area (Å²) in [5.41, 5.74) is 6.23. The number of aromatic hydroxyl groups is 1. The van der Waals surface area contributed by atoms with Gasteiger partial charge in [-0.3, -0.25) is 0 Å². The van der Waals surface area contributed by atoms with Crippen molar-refractivity contribution >= 4 is 11.6 Å². The minimum atomic E-state index is -0.582. The summed E-state index contributed by atoms with van der Waals surface area (Å²) < 4.78 is 13.2. The molecule has 0 bridgehead atoms.